The van der Waals surface area contributed by atoms with Crippen molar-refractivity contribution in [1.29, 1.82) is 0 Å². The molecular formula is C10H18N2O. The van der Waals surface area contributed by atoms with Gasteiger partial charge in [0, 0.05) is 13.5 Å². The molecule has 13 heavy (non-hydrogen) atoms. The molecule has 3 saturated heterocycles. The van der Waals surface area contributed by atoms with Crippen molar-refractivity contribution >= 4 is 5.91 Å². The lowest BCUT2D eigenvalue weighted by atomic mass is 9.74. The Balaban J connectivity index is 2.09. The number of nitrogens with one attached hydrogen (secondary N) is 1. The predicted octanol–water partition coefficient (Wildman–Crippen LogP) is 0.607. The van der Waals surface area contributed by atoms with E-state index in [1.54, 1.807) is 6.92 Å². The fourth-order valence-corrected chi connectivity index (χ4v) is 2.87. The Bertz CT molecular complexity index is 221. The van der Waals surface area contributed by atoms with Gasteiger partial charge < -0.3 is 10.2 Å². The SMILES string of the molecule is CC(=O)N[C@@]1(C)CN2CCC1CC2. The Morgan fingerprint density at radius 2 is 2.08 bits per heavy atom. The van der Waals surface area contributed by atoms with Gasteiger partial charge in [0.2, 0.25) is 5.91 Å². The lowest BCUT2D eigenvalue weighted by Crippen LogP contribution is -2.65. The summed E-state index contributed by atoms with van der Waals surface area (Å²) < 4.78 is 0. The van der Waals surface area contributed by atoms with Crippen molar-refractivity contribution in [3.63, 3.8) is 0 Å². The molecule has 74 valence electrons. The zero-order valence-corrected chi connectivity index (χ0v) is 8.47. The van der Waals surface area contributed by atoms with E-state index in [-0.39, 0.29) is 11.4 Å². The standard InChI is InChI=1S/C10H18N2O/c1-8(13)11-10(2)7-12-5-3-9(10)4-6-12/h9H,3-7H2,1-2H3,(H,11,13)/t10-/m0/s1. The lowest BCUT2D eigenvalue weighted by molar-refractivity contribution is -0.123. The summed E-state index contributed by atoms with van der Waals surface area (Å²) in [4.78, 5) is 13.5. The summed E-state index contributed by atoms with van der Waals surface area (Å²) in [6.45, 7) is 7.28. The molecule has 0 aromatic carbocycles. The van der Waals surface area contributed by atoms with Crippen LogP contribution in [0.1, 0.15) is 26.7 Å². The first-order chi connectivity index (χ1) is 6.10. The van der Waals surface area contributed by atoms with Crippen LogP contribution >= 0.6 is 0 Å². The number of fused-ring (bicyclic) bond motifs is 3. The Morgan fingerprint density at radius 1 is 1.46 bits per heavy atom. The smallest absolute Gasteiger partial charge is 0.217 e. The van der Waals surface area contributed by atoms with Gasteiger partial charge in [-0.15, -0.1) is 0 Å². The molecule has 1 atom stereocenters. The van der Waals surface area contributed by atoms with Crippen molar-refractivity contribution in [3.8, 4) is 0 Å². The maximum Gasteiger partial charge on any atom is 0.217 e. The average Bonchev–Trinajstić information content (AvgIpc) is 2.03. The molecule has 0 aliphatic carbocycles. The monoisotopic (exact) mass is 182 g/mol. The maximum atomic E-state index is 11.1. The molecule has 0 aromatic heterocycles. The maximum absolute atomic E-state index is 11.1. The average molecular weight is 182 g/mol. The molecule has 3 rings (SSSR count). The van der Waals surface area contributed by atoms with Crippen LogP contribution in [0.2, 0.25) is 0 Å². The zero-order valence-electron chi connectivity index (χ0n) is 8.47. The molecule has 0 spiro atoms. The summed E-state index contributed by atoms with van der Waals surface area (Å²) >= 11 is 0. The van der Waals surface area contributed by atoms with Gasteiger partial charge in [-0.3, -0.25) is 4.79 Å². The molecule has 3 heterocycles. The Morgan fingerprint density at radius 3 is 2.46 bits per heavy atom. The van der Waals surface area contributed by atoms with E-state index in [0.29, 0.717) is 5.92 Å². The van der Waals surface area contributed by atoms with Crippen molar-refractivity contribution in [1.82, 2.24) is 10.2 Å². The van der Waals surface area contributed by atoms with E-state index < -0.39 is 0 Å². The van der Waals surface area contributed by atoms with Crippen LogP contribution in [0, 0.1) is 5.92 Å². The van der Waals surface area contributed by atoms with Gasteiger partial charge in [0.1, 0.15) is 0 Å². The first kappa shape index (κ1) is 9.00. The number of carbonyl (C=O) groups is 1. The van der Waals surface area contributed by atoms with E-state index in [4.69, 9.17) is 0 Å². The molecule has 1 N–H and O–H groups in total. The molecule has 3 aliphatic heterocycles. The molecule has 2 bridgehead atoms. The van der Waals surface area contributed by atoms with E-state index in [9.17, 15) is 4.79 Å². The summed E-state index contributed by atoms with van der Waals surface area (Å²) in [6.07, 6.45) is 2.49. The quantitative estimate of drug-likeness (QED) is 0.644. The van der Waals surface area contributed by atoms with Crippen LogP contribution in [0.25, 0.3) is 0 Å². The summed E-state index contributed by atoms with van der Waals surface area (Å²) in [5, 5.41) is 3.11. The number of nitrogens with zero attached hydrogens (tertiary/aromatic N) is 1. The fraction of sp³-hybridized carbons (Fsp3) is 0.900. The third-order valence-corrected chi connectivity index (χ3v) is 3.50. The number of carbonyl (C=O) groups excluding carboxylic acids is 1. The van der Waals surface area contributed by atoms with Gasteiger partial charge in [-0.05, 0) is 38.8 Å². The van der Waals surface area contributed by atoms with Gasteiger partial charge in [-0.1, -0.05) is 0 Å². The largest absolute Gasteiger partial charge is 0.350 e. The summed E-state index contributed by atoms with van der Waals surface area (Å²) in [7, 11) is 0. The third-order valence-electron chi connectivity index (χ3n) is 3.50. The number of rotatable bonds is 1. The van der Waals surface area contributed by atoms with E-state index in [0.717, 1.165) is 6.54 Å². The molecule has 0 unspecified atom stereocenters. The first-order valence-electron chi connectivity index (χ1n) is 5.11. The molecule has 3 aliphatic rings. The highest BCUT2D eigenvalue weighted by atomic mass is 16.1. The number of hydrogen-bond donors (Lipinski definition) is 1. The molecule has 0 radical (unpaired) electrons. The summed E-state index contributed by atoms with van der Waals surface area (Å²) in [6, 6.07) is 0. The first-order valence-corrected chi connectivity index (χ1v) is 5.11. The molecule has 0 aromatic rings. The zero-order chi connectivity index (χ0) is 9.47. The van der Waals surface area contributed by atoms with E-state index in [1.807, 2.05) is 0 Å². The molecule has 0 saturated carbocycles. The van der Waals surface area contributed by atoms with Crippen LogP contribution in [-0.4, -0.2) is 36.0 Å². The molecule has 1 amide bonds. The van der Waals surface area contributed by atoms with Crippen LogP contribution in [-0.2, 0) is 4.79 Å². The number of hydrogen-bond acceptors (Lipinski definition) is 2. The highest BCUT2D eigenvalue weighted by Crippen LogP contribution is 2.35. The van der Waals surface area contributed by atoms with Gasteiger partial charge in [0.25, 0.3) is 0 Å². The van der Waals surface area contributed by atoms with E-state index in [2.05, 4.69) is 17.1 Å². The molecular weight excluding hydrogens is 164 g/mol. The Hall–Kier alpha value is -0.570. The Labute approximate surface area is 79.5 Å². The van der Waals surface area contributed by atoms with Crippen LogP contribution in [0.4, 0.5) is 0 Å². The minimum atomic E-state index is 0.0440. The van der Waals surface area contributed by atoms with Gasteiger partial charge in [-0.2, -0.15) is 0 Å². The van der Waals surface area contributed by atoms with Crippen molar-refractivity contribution in [2.24, 2.45) is 5.92 Å². The number of amides is 1. The second kappa shape index (κ2) is 2.98. The van der Waals surface area contributed by atoms with Crippen LogP contribution < -0.4 is 5.32 Å². The van der Waals surface area contributed by atoms with Gasteiger partial charge in [0.15, 0.2) is 0 Å². The van der Waals surface area contributed by atoms with Gasteiger partial charge >= 0.3 is 0 Å². The molecule has 3 fully saturated rings. The normalized spacial score (nSPS) is 43.2. The minimum absolute atomic E-state index is 0.0440. The van der Waals surface area contributed by atoms with Crippen molar-refractivity contribution < 1.29 is 4.79 Å². The summed E-state index contributed by atoms with van der Waals surface area (Å²) in [5.74, 6) is 0.803. The second-order valence-corrected chi connectivity index (χ2v) is 4.65. The van der Waals surface area contributed by atoms with Crippen molar-refractivity contribution in [3.05, 3.63) is 0 Å². The van der Waals surface area contributed by atoms with E-state index >= 15 is 0 Å². The Kier molecular flexibility index (Phi) is 2.06. The minimum Gasteiger partial charge on any atom is -0.350 e. The van der Waals surface area contributed by atoms with Gasteiger partial charge in [0.05, 0.1) is 5.54 Å². The predicted molar refractivity (Wildman–Crippen MR) is 51.4 cm³/mol. The van der Waals surface area contributed by atoms with E-state index in [1.165, 1.54) is 25.9 Å². The topological polar surface area (TPSA) is 32.3 Å². The molecule has 3 nitrogen and oxygen atoms in total. The highest BCUT2D eigenvalue weighted by molar-refractivity contribution is 5.73. The highest BCUT2D eigenvalue weighted by Gasteiger charge is 2.43. The lowest BCUT2D eigenvalue weighted by Gasteiger charge is -2.51. The third kappa shape index (κ3) is 1.57. The molecule has 3 heteroatoms. The number of piperidine rings is 3. The second-order valence-electron chi connectivity index (χ2n) is 4.65. The summed E-state index contributed by atoms with van der Waals surface area (Å²) in [5.41, 5.74) is 0.0440. The van der Waals surface area contributed by atoms with Crippen LogP contribution in [0.3, 0.4) is 0 Å². The van der Waals surface area contributed by atoms with Gasteiger partial charge in [-0.25, -0.2) is 0 Å². The van der Waals surface area contributed by atoms with Crippen LogP contribution in [0.15, 0.2) is 0 Å². The van der Waals surface area contributed by atoms with Crippen LogP contribution in [0.5, 0.6) is 0 Å². The fourth-order valence-electron chi connectivity index (χ4n) is 2.87. The van der Waals surface area contributed by atoms with Crippen molar-refractivity contribution in [2.75, 3.05) is 19.6 Å². The van der Waals surface area contributed by atoms with Crippen molar-refractivity contribution in [2.45, 2.75) is 32.2 Å².